The first-order valence-corrected chi connectivity index (χ1v) is 6.17. The summed E-state index contributed by atoms with van der Waals surface area (Å²) in [5.41, 5.74) is 4.13. The Kier molecular flexibility index (Phi) is 4.15. The molecular formula is C18H15F. The lowest BCUT2D eigenvalue weighted by Gasteiger charge is -1.99. The predicted molar refractivity (Wildman–Crippen MR) is 78.1 cm³/mol. The second kappa shape index (κ2) is 6.02. The van der Waals surface area contributed by atoms with Crippen LogP contribution in [-0.4, -0.2) is 0 Å². The topological polar surface area (TPSA) is 0 Å². The third-order valence-electron chi connectivity index (χ3n) is 2.59. The monoisotopic (exact) mass is 250 g/mol. The standard InChI is InChI=1S/C18H15F/c1-14(2)13-17-6-4-3-5-16(17)10-7-15-8-11-18(19)12-9-15/h3-6,8-9,11-13H,1-2H3. The molecule has 0 amide bonds. The Morgan fingerprint density at radius 2 is 1.63 bits per heavy atom. The molecule has 0 aliphatic carbocycles. The molecule has 0 saturated carbocycles. The van der Waals surface area contributed by atoms with E-state index in [0.29, 0.717) is 0 Å². The Bertz CT molecular complexity index is 648. The summed E-state index contributed by atoms with van der Waals surface area (Å²) in [5, 5.41) is 0. The first-order valence-electron chi connectivity index (χ1n) is 6.17. The summed E-state index contributed by atoms with van der Waals surface area (Å²) in [5.74, 6) is 5.95. The van der Waals surface area contributed by atoms with Crippen molar-refractivity contribution in [1.82, 2.24) is 0 Å². The molecule has 0 unspecified atom stereocenters. The van der Waals surface area contributed by atoms with E-state index < -0.39 is 0 Å². The molecule has 94 valence electrons. The van der Waals surface area contributed by atoms with E-state index in [-0.39, 0.29) is 5.82 Å². The number of allylic oxidation sites excluding steroid dienone is 1. The molecule has 0 aromatic heterocycles. The average molecular weight is 250 g/mol. The molecule has 0 atom stereocenters. The van der Waals surface area contributed by atoms with Gasteiger partial charge in [0.15, 0.2) is 0 Å². The molecule has 0 radical (unpaired) electrons. The summed E-state index contributed by atoms with van der Waals surface area (Å²) in [4.78, 5) is 0. The number of hydrogen-bond donors (Lipinski definition) is 0. The molecule has 2 aromatic rings. The lowest BCUT2D eigenvalue weighted by molar-refractivity contribution is 0.627. The summed E-state index contributed by atoms with van der Waals surface area (Å²) in [6.45, 7) is 4.12. The molecule has 0 N–H and O–H groups in total. The Labute approximate surface area is 113 Å². The molecular weight excluding hydrogens is 235 g/mol. The Balaban J connectivity index is 2.34. The molecule has 0 fully saturated rings. The van der Waals surface area contributed by atoms with Crippen LogP contribution in [0.25, 0.3) is 6.08 Å². The molecule has 0 aliphatic heterocycles. The predicted octanol–water partition coefficient (Wildman–Crippen LogP) is 4.65. The minimum atomic E-state index is -0.240. The van der Waals surface area contributed by atoms with Crippen molar-refractivity contribution >= 4 is 6.08 Å². The van der Waals surface area contributed by atoms with E-state index in [1.165, 1.54) is 17.7 Å². The van der Waals surface area contributed by atoms with Crippen LogP contribution >= 0.6 is 0 Å². The van der Waals surface area contributed by atoms with E-state index in [0.717, 1.165) is 16.7 Å². The van der Waals surface area contributed by atoms with Crippen molar-refractivity contribution in [2.24, 2.45) is 0 Å². The Hall–Kier alpha value is -2.33. The first kappa shape index (κ1) is 13.1. The largest absolute Gasteiger partial charge is 0.207 e. The summed E-state index contributed by atoms with van der Waals surface area (Å²) in [7, 11) is 0. The van der Waals surface area contributed by atoms with Gasteiger partial charge in [0.05, 0.1) is 0 Å². The van der Waals surface area contributed by atoms with Gasteiger partial charge in [-0.1, -0.05) is 41.7 Å². The molecule has 0 saturated heterocycles. The summed E-state index contributed by atoms with van der Waals surface area (Å²) >= 11 is 0. The maximum Gasteiger partial charge on any atom is 0.123 e. The van der Waals surface area contributed by atoms with E-state index in [2.05, 4.69) is 31.8 Å². The highest BCUT2D eigenvalue weighted by atomic mass is 19.1. The zero-order chi connectivity index (χ0) is 13.7. The second-order valence-corrected chi connectivity index (χ2v) is 4.57. The molecule has 0 nitrogen and oxygen atoms in total. The molecule has 0 heterocycles. The SMILES string of the molecule is CC(C)=Cc1ccccc1C#Cc1ccc(F)cc1. The molecule has 2 aromatic carbocycles. The van der Waals surface area contributed by atoms with Crippen LogP contribution < -0.4 is 0 Å². The normalized spacial score (nSPS) is 9.42. The molecule has 0 bridgehead atoms. The minimum Gasteiger partial charge on any atom is -0.207 e. The smallest absolute Gasteiger partial charge is 0.123 e. The maximum absolute atomic E-state index is 12.8. The molecule has 0 spiro atoms. The number of hydrogen-bond acceptors (Lipinski definition) is 0. The zero-order valence-electron chi connectivity index (χ0n) is 11.1. The van der Waals surface area contributed by atoms with Crippen LogP contribution in [-0.2, 0) is 0 Å². The number of halogens is 1. The zero-order valence-corrected chi connectivity index (χ0v) is 11.1. The second-order valence-electron chi connectivity index (χ2n) is 4.57. The van der Waals surface area contributed by atoms with Crippen molar-refractivity contribution in [3.63, 3.8) is 0 Å². The van der Waals surface area contributed by atoms with Gasteiger partial charge in [-0.05, 0) is 49.7 Å². The minimum absolute atomic E-state index is 0.240. The number of rotatable bonds is 1. The fourth-order valence-corrected chi connectivity index (χ4v) is 1.72. The van der Waals surface area contributed by atoms with Gasteiger partial charge in [-0.2, -0.15) is 0 Å². The lowest BCUT2D eigenvalue weighted by atomic mass is 10.1. The highest BCUT2D eigenvalue weighted by Crippen LogP contribution is 2.12. The van der Waals surface area contributed by atoms with Crippen LogP contribution in [0.3, 0.4) is 0 Å². The van der Waals surface area contributed by atoms with Crippen molar-refractivity contribution in [1.29, 1.82) is 0 Å². The van der Waals surface area contributed by atoms with Crippen LogP contribution in [0.1, 0.15) is 30.5 Å². The fraction of sp³-hybridized carbons (Fsp3) is 0.111. The molecule has 0 aliphatic rings. The third-order valence-corrected chi connectivity index (χ3v) is 2.59. The maximum atomic E-state index is 12.8. The van der Waals surface area contributed by atoms with Crippen molar-refractivity contribution in [2.75, 3.05) is 0 Å². The van der Waals surface area contributed by atoms with Crippen molar-refractivity contribution in [3.8, 4) is 11.8 Å². The van der Waals surface area contributed by atoms with Crippen LogP contribution in [0, 0.1) is 17.7 Å². The van der Waals surface area contributed by atoms with E-state index in [9.17, 15) is 4.39 Å². The van der Waals surface area contributed by atoms with Gasteiger partial charge in [-0.25, -0.2) is 4.39 Å². The Morgan fingerprint density at radius 1 is 0.947 bits per heavy atom. The van der Waals surface area contributed by atoms with Crippen molar-refractivity contribution in [3.05, 3.63) is 76.6 Å². The Morgan fingerprint density at radius 3 is 2.32 bits per heavy atom. The quantitative estimate of drug-likeness (QED) is 0.646. The van der Waals surface area contributed by atoms with Crippen LogP contribution in [0.4, 0.5) is 4.39 Å². The average Bonchev–Trinajstić information content (AvgIpc) is 2.39. The van der Waals surface area contributed by atoms with Gasteiger partial charge in [0.25, 0.3) is 0 Å². The highest BCUT2D eigenvalue weighted by molar-refractivity contribution is 5.61. The van der Waals surface area contributed by atoms with Gasteiger partial charge in [0.2, 0.25) is 0 Å². The highest BCUT2D eigenvalue weighted by Gasteiger charge is 1.95. The van der Waals surface area contributed by atoms with E-state index in [1.807, 2.05) is 24.3 Å². The molecule has 2 rings (SSSR count). The van der Waals surface area contributed by atoms with Crippen molar-refractivity contribution < 1.29 is 4.39 Å². The van der Waals surface area contributed by atoms with Gasteiger partial charge in [0.1, 0.15) is 5.82 Å². The number of benzene rings is 2. The molecule has 19 heavy (non-hydrogen) atoms. The summed E-state index contributed by atoms with van der Waals surface area (Å²) < 4.78 is 12.8. The fourth-order valence-electron chi connectivity index (χ4n) is 1.72. The van der Waals surface area contributed by atoms with Crippen molar-refractivity contribution in [2.45, 2.75) is 13.8 Å². The summed E-state index contributed by atoms with van der Waals surface area (Å²) in [6, 6.07) is 14.2. The van der Waals surface area contributed by atoms with Gasteiger partial charge in [-0.3, -0.25) is 0 Å². The first-order chi connectivity index (χ1) is 9.15. The van der Waals surface area contributed by atoms with E-state index in [4.69, 9.17) is 0 Å². The van der Waals surface area contributed by atoms with Gasteiger partial charge in [-0.15, -0.1) is 0 Å². The third kappa shape index (κ3) is 3.82. The summed E-state index contributed by atoms with van der Waals surface area (Å²) in [6.07, 6.45) is 2.11. The van der Waals surface area contributed by atoms with E-state index >= 15 is 0 Å². The van der Waals surface area contributed by atoms with Crippen LogP contribution in [0.5, 0.6) is 0 Å². The van der Waals surface area contributed by atoms with Gasteiger partial charge in [0, 0.05) is 11.1 Å². The van der Waals surface area contributed by atoms with E-state index in [1.54, 1.807) is 12.1 Å². The van der Waals surface area contributed by atoms with Gasteiger partial charge < -0.3 is 0 Å². The van der Waals surface area contributed by atoms with Crippen LogP contribution in [0.15, 0.2) is 54.1 Å². The lowest BCUT2D eigenvalue weighted by Crippen LogP contribution is -1.83. The van der Waals surface area contributed by atoms with Gasteiger partial charge >= 0.3 is 0 Å². The molecule has 1 heteroatoms. The van der Waals surface area contributed by atoms with Crippen LogP contribution in [0.2, 0.25) is 0 Å².